The first-order valence-corrected chi connectivity index (χ1v) is 8.37. The Morgan fingerprint density at radius 2 is 2.20 bits per heavy atom. The van der Waals surface area contributed by atoms with Crippen molar-refractivity contribution >= 4 is 23.1 Å². The molecule has 0 saturated carbocycles. The summed E-state index contributed by atoms with van der Waals surface area (Å²) in [6.07, 6.45) is 2.33. The van der Waals surface area contributed by atoms with Gasteiger partial charge in [0.15, 0.2) is 12.2 Å². The fourth-order valence-corrected chi connectivity index (χ4v) is 3.07. The normalized spacial score (nSPS) is 11.7. The summed E-state index contributed by atoms with van der Waals surface area (Å²) in [5, 5.41) is 8.80. The van der Waals surface area contributed by atoms with E-state index in [1.54, 1.807) is 24.5 Å². The summed E-state index contributed by atoms with van der Waals surface area (Å²) in [5.74, 6) is 0.533. The Morgan fingerprint density at radius 1 is 1.48 bits per heavy atom. The van der Waals surface area contributed by atoms with Gasteiger partial charge in [-0.1, -0.05) is 11.3 Å². The van der Waals surface area contributed by atoms with Gasteiger partial charge in [-0.2, -0.15) is 4.57 Å². The van der Waals surface area contributed by atoms with E-state index in [0.717, 1.165) is 16.1 Å². The minimum Gasteiger partial charge on any atom is -1.00 e. The van der Waals surface area contributed by atoms with E-state index in [0.29, 0.717) is 24.6 Å². The van der Waals surface area contributed by atoms with E-state index in [1.165, 1.54) is 0 Å². The van der Waals surface area contributed by atoms with Gasteiger partial charge in [-0.05, 0) is 6.92 Å². The van der Waals surface area contributed by atoms with Gasteiger partial charge >= 0.3 is 5.97 Å². The van der Waals surface area contributed by atoms with Crippen LogP contribution in [0.4, 0.5) is 5.82 Å². The molecule has 0 unspecified atom stereocenters. The molecular weight excluding hydrogens is 366 g/mol. The highest BCUT2D eigenvalue weighted by atomic mass is 35.5. The molecule has 2 aromatic heterocycles. The van der Waals surface area contributed by atoms with E-state index in [2.05, 4.69) is 14.5 Å². The topological polar surface area (TPSA) is 128 Å². The summed E-state index contributed by atoms with van der Waals surface area (Å²) in [4.78, 5) is 20.9. The van der Waals surface area contributed by atoms with Gasteiger partial charge in [0.05, 0.1) is 23.7 Å². The number of aliphatic hydroxyl groups excluding tert-OH is 1. The van der Waals surface area contributed by atoms with Crippen LogP contribution in [-0.2, 0) is 22.5 Å². The molecule has 0 spiro atoms. The summed E-state index contributed by atoms with van der Waals surface area (Å²) in [5.41, 5.74) is 15.2. The number of aryl methyl sites for hydroxylation is 1. The molecule has 2 rings (SSSR count). The molecule has 5 N–H and O–H groups in total. The predicted octanol–water partition coefficient (Wildman–Crippen LogP) is -3.52. The number of esters is 1. The van der Waals surface area contributed by atoms with Crippen LogP contribution in [0.3, 0.4) is 0 Å². The molecule has 0 aliphatic rings. The van der Waals surface area contributed by atoms with Gasteiger partial charge < -0.3 is 33.7 Å². The number of ether oxygens (including phenoxy) is 1. The van der Waals surface area contributed by atoms with Crippen LogP contribution in [0.2, 0.25) is 0 Å². The molecule has 138 valence electrons. The second kappa shape index (κ2) is 9.62. The molecule has 10 heteroatoms. The summed E-state index contributed by atoms with van der Waals surface area (Å²) >= 11 is 1.58. The average Bonchev–Trinajstić information content (AvgIpc) is 2.89. The van der Waals surface area contributed by atoms with Crippen LogP contribution < -0.4 is 28.4 Å². The smallest absolute Gasteiger partial charge is 0.325 e. The van der Waals surface area contributed by atoms with E-state index in [1.807, 2.05) is 12.4 Å². The number of hydrogen-bond acceptors (Lipinski definition) is 8. The SMILES string of the molecule is Cc1ncc(C[n+]2csc(CCOC(=O)[C@@H](N)CO)c2C)c(N)n1.[Cl-]. The van der Waals surface area contributed by atoms with Crippen LogP contribution in [0.5, 0.6) is 0 Å². The fraction of sp³-hybridized carbons (Fsp3) is 0.467. The number of halogens is 1. The molecule has 0 saturated heterocycles. The van der Waals surface area contributed by atoms with Gasteiger partial charge in [0, 0.05) is 19.5 Å². The van der Waals surface area contributed by atoms with Gasteiger partial charge in [-0.3, -0.25) is 4.79 Å². The number of hydrogen-bond donors (Lipinski definition) is 3. The molecule has 0 amide bonds. The van der Waals surface area contributed by atoms with E-state index >= 15 is 0 Å². The van der Waals surface area contributed by atoms with Crippen molar-refractivity contribution in [3.05, 3.63) is 33.7 Å². The Morgan fingerprint density at radius 3 is 2.84 bits per heavy atom. The zero-order chi connectivity index (χ0) is 17.7. The lowest BCUT2D eigenvalue weighted by molar-refractivity contribution is -0.689. The van der Waals surface area contributed by atoms with Crippen molar-refractivity contribution in [3.8, 4) is 0 Å². The summed E-state index contributed by atoms with van der Waals surface area (Å²) in [7, 11) is 0. The third-order valence-corrected chi connectivity index (χ3v) is 4.73. The number of rotatable bonds is 7. The van der Waals surface area contributed by atoms with Crippen molar-refractivity contribution in [1.29, 1.82) is 0 Å². The fourth-order valence-electron chi connectivity index (χ4n) is 2.09. The van der Waals surface area contributed by atoms with E-state index < -0.39 is 18.6 Å². The number of anilines is 1. The first kappa shape index (κ1) is 21.2. The molecule has 0 fully saturated rings. The zero-order valence-electron chi connectivity index (χ0n) is 14.1. The molecule has 2 aromatic rings. The second-order valence-corrected chi connectivity index (χ2v) is 6.33. The number of thiazole rings is 1. The first-order chi connectivity index (χ1) is 11.4. The third-order valence-electron chi connectivity index (χ3n) is 3.59. The molecule has 0 aromatic carbocycles. The lowest BCUT2D eigenvalue weighted by Gasteiger charge is -2.07. The highest BCUT2D eigenvalue weighted by Gasteiger charge is 2.19. The standard InChI is InChI=1S/C15H22N5O3S.ClH/c1-9-13(3-4-23-15(22)12(16)7-21)24-8-20(9)6-11-5-18-10(2)19-14(11)17;/h5,8,12,21H,3-4,6-7,16H2,1-2H3,(H2,17,18,19);1H/q+1;/p-1/t12-;/m0./s1. The van der Waals surface area contributed by atoms with E-state index in [-0.39, 0.29) is 19.0 Å². The first-order valence-electron chi connectivity index (χ1n) is 7.49. The van der Waals surface area contributed by atoms with E-state index in [4.69, 9.17) is 21.3 Å². The second-order valence-electron chi connectivity index (χ2n) is 5.39. The van der Waals surface area contributed by atoms with Gasteiger partial charge in [0.25, 0.3) is 0 Å². The number of carbonyl (C=O) groups excluding carboxylic acids is 1. The number of nitrogens with two attached hydrogens (primary N) is 2. The van der Waals surface area contributed by atoms with Gasteiger partial charge in [0.2, 0.25) is 5.51 Å². The Hall–Kier alpha value is -1.81. The Balaban J connectivity index is 0.00000312. The van der Waals surface area contributed by atoms with Crippen LogP contribution in [0.1, 0.15) is 22.0 Å². The highest BCUT2D eigenvalue weighted by molar-refractivity contribution is 7.09. The number of carbonyl (C=O) groups is 1. The molecule has 1 atom stereocenters. The summed E-state index contributed by atoms with van der Waals surface area (Å²) in [6, 6.07) is -0.983. The molecule has 8 nitrogen and oxygen atoms in total. The molecular formula is C15H22ClN5O3S. The third kappa shape index (κ3) is 5.60. The number of nitrogens with zero attached hydrogens (tertiary/aromatic N) is 3. The van der Waals surface area contributed by atoms with Gasteiger partial charge in [-0.25, -0.2) is 9.97 Å². The van der Waals surface area contributed by atoms with Crippen LogP contribution in [0.15, 0.2) is 11.7 Å². The Bertz CT molecular complexity index is 725. The van der Waals surface area contributed by atoms with Crippen molar-refractivity contribution in [2.24, 2.45) is 5.73 Å². The Kier molecular flexibility index (Phi) is 8.17. The largest absolute Gasteiger partial charge is 1.00 e. The van der Waals surface area contributed by atoms with Crippen molar-refractivity contribution in [2.75, 3.05) is 18.9 Å². The molecule has 0 aliphatic heterocycles. The van der Waals surface area contributed by atoms with Crippen molar-refractivity contribution in [1.82, 2.24) is 9.97 Å². The predicted molar refractivity (Wildman–Crippen MR) is 89.3 cm³/mol. The highest BCUT2D eigenvalue weighted by Crippen LogP contribution is 2.14. The zero-order valence-corrected chi connectivity index (χ0v) is 15.7. The van der Waals surface area contributed by atoms with Crippen molar-refractivity contribution in [2.45, 2.75) is 32.9 Å². The van der Waals surface area contributed by atoms with Crippen molar-refractivity contribution in [3.63, 3.8) is 0 Å². The van der Waals surface area contributed by atoms with Crippen LogP contribution in [0.25, 0.3) is 0 Å². The number of aromatic nitrogens is 3. The van der Waals surface area contributed by atoms with E-state index in [9.17, 15) is 4.79 Å². The molecule has 2 heterocycles. The maximum Gasteiger partial charge on any atom is 0.325 e. The number of nitrogen functional groups attached to an aromatic ring is 1. The van der Waals surface area contributed by atoms with Crippen LogP contribution >= 0.6 is 11.3 Å². The molecule has 0 bridgehead atoms. The van der Waals surface area contributed by atoms with Crippen LogP contribution in [0, 0.1) is 13.8 Å². The molecule has 25 heavy (non-hydrogen) atoms. The summed E-state index contributed by atoms with van der Waals surface area (Å²) < 4.78 is 7.11. The Labute approximate surface area is 156 Å². The van der Waals surface area contributed by atoms with Crippen LogP contribution in [-0.4, -0.2) is 40.3 Å². The van der Waals surface area contributed by atoms with Gasteiger partial charge in [0.1, 0.15) is 17.7 Å². The molecule has 0 radical (unpaired) electrons. The average molecular weight is 388 g/mol. The van der Waals surface area contributed by atoms with Gasteiger partial charge in [-0.15, -0.1) is 0 Å². The quantitative estimate of drug-likeness (QED) is 0.332. The molecule has 0 aliphatic carbocycles. The number of aliphatic hydroxyl groups is 1. The minimum absolute atomic E-state index is 0. The maximum atomic E-state index is 11.4. The monoisotopic (exact) mass is 387 g/mol. The summed E-state index contributed by atoms with van der Waals surface area (Å²) in [6.45, 7) is 4.19. The lowest BCUT2D eigenvalue weighted by Crippen LogP contribution is -3.00. The lowest BCUT2D eigenvalue weighted by atomic mass is 10.2. The maximum absolute atomic E-state index is 11.4. The van der Waals surface area contributed by atoms with Crippen molar-refractivity contribution < 1.29 is 31.6 Å². The minimum atomic E-state index is -0.983.